The molecule has 0 aliphatic carbocycles. The Morgan fingerprint density at radius 1 is 1.11 bits per heavy atom. The normalized spacial score (nSPS) is 31.1. The van der Waals surface area contributed by atoms with Gasteiger partial charge in [0.2, 0.25) is 0 Å². The molecule has 0 aromatic carbocycles. The van der Waals surface area contributed by atoms with Crippen LogP contribution in [0.2, 0.25) is 0 Å². The van der Waals surface area contributed by atoms with E-state index >= 15 is 0 Å². The maximum Gasteiger partial charge on any atom is 0.389 e. The summed E-state index contributed by atoms with van der Waals surface area (Å²) in [7, 11) is 0. The van der Waals surface area contributed by atoms with Crippen molar-refractivity contribution in [1.29, 1.82) is 0 Å². The van der Waals surface area contributed by atoms with E-state index in [0.717, 1.165) is 25.8 Å². The van der Waals surface area contributed by atoms with Gasteiger partial charge in [-0.15, -0.1) is 0 Å². The molecule has 2 unspecified atom stereocenters. The summed E-state index contributed by atoms with van der Waals surface area (Å²) < 4.78 is 36.7. The van der Waals surface area contributed by atoms with Gasteiger partial charge in [0, 0.05) is 24.5 Å². The highest BCUT2D eigenvalue weighted by Gasteiger charge is 2.36. The minimum atomic E-state index is -4.01. The van der Waals surface area contributed by atoms with Crippen LogP contribution in [0.1, 0.15) is 51.9 Å². The van der Waals surface area contributed by atoms with Crippen LogP contribution < -0.4 is 5.32 Å². The molecular weight excluding hydrogens is 253 g/mol. The predicted molar refractivity (Wildman–Crippen MR) is 70.1 cm³/mol. The van der Waals surface area contributed by atoms with Gasteiger partial charge >= 0.3 is 6.18 Å². The minimum absolute atomic E-state index is 0.239. The van der Waals surface area contributed by atoms with Crippen molar-refractivity contribution in [3.8, 4) is 0 Å². The molecule has 0 radical (unpaired) electrons. The average Bonchev–Trinajstić information content (AvgIpc) is 2.66. The van der Waals surface area contributed by atoms with E-state index in [9.17, 15) is 13.2 Å². The van der Waals surface area contributed by atoms with E-state index in [1.807, 2.05) is 0 Å². The second-order valence-electron chi connectivity index (χ2n) is 6.02. The number of piperidine rings is 1. The van der Waals surface area contributed by atoms with Crippen molar-refractivity contribution in [2.75, 3.05) is 13.1 Å². The molecule has 2 rings (SSSR count). The number of halogens is 3. The van der Waals surface area contributed by atoms with Gasteiger partial charge in [0.05, 0.1) is 0 Å². The molecule has 112 valence electrons. The number of hydrogen-bond donors (Lipinski definition) is 1. The van der Waals surface area contributed by atoms with Gasteiger partial charge < -0.3 is 10.2 Å². The monoisotopic (exact) mass is 278 g/mol. The van der Waals surface area contributed by atoms with Crippen molar-refractivity contribution in [3.63, 3.8) is 0 Å². The maximum atomic E-state index is 12.2. The van der Waals surface area contributed by atoms with Crippen molar-refractivity contribution in [2.45, 2.75) is 76.2 Å². The lowest BCUT2D eigenvalue weighted by Crippen LogP contribution is -2.48. The van der Waals surface area contributed by atoms with E-state index in [4.69, 9.17) is 0 Å². The summed E-state index contributed by atoms with van der Waals surface area (Å²) in [6.45, 7) is 3.63. The van der Waals surface area contributed by atoms with Crippen molar-refractivity contribution in [1.82, 2.24) is 10.2 Å². The number of alkyl halides is 3. The van der Waals surface area contributed by atoms with Crippen LogP contribution in [-0.4, -0.2) is 42.3 Å². The molecule has 2 aliphatic heterocycles. The van der Waals surface area contributed by atoms with Crippen molar-refractivity contribution < 1.29 is 13.2 Å². The van der Waals surface area contributed by atoms with Gasteiger partial charge in [0.1, 0.15) is 0 Å². The number of fused-ring (bicyclic) bond motifs is 2. The Kier molecular flexibility index (Phi) is 5.12. The lowest BCUT2D eigenvalue weighted by atomic mass is 9.97. The van der Waals surface area contributed by atoms with Gasteiger partial charge in [-0.05, 0) is 51.6 Å². The first-order valence-electron chi connectivity index (χ1n) is 7.55. The number of rotatable bonds is 6. The molecule has 2 aliphatic rings. The maximum absolute atomic E-state index is 12.2. The molecule has 2 heterocycles. The number of hydrogen-bond acceptors (Lipinski definition) is 2. The van der Waals surface area contributed by atoms with Gasteiger partial charge in [-0.1, -0.05) is 6.92 Å². The predicted octanol–water partition coefficient (Wildman–Crippen LogP) is 3.32. The first kappa shape index (κ1) is 15.1. The van der Waals surface area contributed by atoms with Crippen LogP contribution in [0.4, 0.5) is 13.2 Å². The fourth-order valence-electron chi connectivity index (χ4n) is 3.57. The molecule has 2 bridgehead atoms. The molecular formula is C14H25F3N2. The largest absolute Gasteiger partial charge is 0.389 e. The van der Waals surface area contributed by atoms with E-state index in [1.165, 1.54) is 12.8 Å². The molecule has 2 saturated heterocycles. The summed E-state index contributed by atoms with van der Waals surface area (Å²) in [6, 6.07) is 1.70. The topological polar surface area (TPSA) is 15.3 Å². The lowest BCUT2D eigenvalue weighted by Gasteiger charge is -2.38. The zero-order valence-corrected chi connectivity index (χ0v) is 11.7. The summed E-state index contributed by atoms with van der Waals surface area (Å²) >= 11 is 0. The first-order valence-corrected chi connectivity index (χ1v) is 7.55. The zero-order chi connectivity index (χ0) is 13.9. The van der Waals surface area contributed by atoms with E-state index in [0.29, 0.717) is 24.7 Å². The SMILES string of the molecule is CCCN(CCCC(F)(F)F)C1CC2CCC(C1)N2. The second kappa shape index (κ2) is 6.44. The van der Waals surface area contributed by atoms with Crippen LogP contribution in [0.25, 0.3) is 0 Å². The van der Waals surface area contributed by atoms with Gasteiger partial charge in [0.25, 0.3) is 0 Å². The van der Waals surface area contributed by atoms with Crippen LogP contribution in [0.5, 0.6) is 0 Å². The van der Waals surface area contributed by atoms with Crippen molar-refractivity contribution in [2.24, 2.45) is 0 Å². The Morgan fingerprint density at radius 3 is 2.26 bits per heavy atom. The van der Waals surface area contributed by atoms with Crippen LogP contribution in [-0.2, 0) is 0 Å². The highest BCUT2D eigenvalue weighted by molar-refractivity contribution is 4.95. The van der Waals surface area contributed by atoms with Gasteiger partial charge in [-0.3, -0.25) is 0 Å². The summed E-state index contributed by atoms with van der Waals surface area (Å²) in [4.78, 5) is 2.30. The fourth-order valence-corrected chi connectivity index (χ4v) is 3.57. The highest BCUT2D eigenvalue weighted by Crippen LogP contribution is 2.30. The zero-order valence-electron chi connectivity index (χ0n) is 11.7. The quantitative estimate of drug-likeness (QED) is 0.802. The van der Waals surface area contributed by atoms with Gasteiger partial charge in [-0.2, -0.15) is 13.2 Å². The highest BCUT2D eigenvalue weighted by atomic mass is 19.4. The summed E-state index contributed by atoms with van der Waals surface area (Å²) in [5.74, 6) is 0. The molecule has 19 heavy (non-hydrogen) atoms. The molecule has 2 fully saturated rings. The van der Waals surface area contributed by atoms with E-state index < -0.39 is 12.6 Å². The molecule has 0 aromatic rings. The summed E-state index contributed by atoms with van der Waals surface area (Å²) in [6.07, 6.45) is 1.31. The van der Waals surface area contributed by atoms with Crippen LogP contribution in [0.3, 0.4) is 0 Å². The first-order chi connectivity index (χ1) is 8.98. The van der Waals surface area contributed by atoms with E-state index in [1.54, 1.807) is 0 Å². The van der Waals surface area contributed by atoms with Crippen molar-refractivity contribution in [3.05, 3.63) is 0 Å². The second-order valence-corrected chi connectivity index (χ2v) is 6.02. The van der Waals surface area contributed by atoms with E-state index in [-0.39, 0.29) is 6.42 Å². The average molecular weight is 278 g/mol. The Morgan fingerprint density at radius 2 is 1.74 bits per heavy atom. The molecule has 0 saturated carbocycles. The third-order valence-electron chi connectivity index (χ3n) is 4.38. The van der Waals surface area contributed by atoms with Gasteiger partial charge in [0.15, 0.2) is 0 Å². The van der Waals surface area contributed by atoms with E-state index in [2.05, 4.69) is 17.1 Å². The summed E-state index contributed by atoms with van der Waals surface area (Å²) in [5.41, 5.74) is 0. The molecule has 0 aromatic heterocycles. The number of nitrogens with one attached hydrogen (secondary N) is 1. The third-order valence-corrected chi connectivity index (χ3v) is 4.38. The molecule has 0 spiro atoms. The molecule has 0 amide bonds. The smallest absolute Gasteiger partial charge is 0.311 e. The Labute approximate surface area is 113 Å². The molecule has 1 N–H and O–H groups in total. The Hall–Kier alpha value is -0.290. The van der Waals surface area contributed by atoms with Crippen LogP contribution in [0, 0.1) is 0 Å². The van der Waals surface area contributed by atoms with Crippen LogP contribution in [0.15, 0.2) is 0 Å². The number of nitrogens with zero attached hydrogens (tertiary/aromatic N) is 1. The molecule has 5 heteroatoms. The minimum Gasteiger partial charge on any atom is -0.311 e. The van der Waals surface area contributed by atoms with Crippen molar-refractivity contribution >= 4 is 0 Å². The molecule has 2 nitrogen and oxygen atoms in total. The lowest BCUT2D eigenvalue weighted by molar-refractivity contribution is -0.136. The Balaban J connectivity index is 1.81. The standard InChI is InChI=1S/C14H25F3N2/c1-2-7-19(8-3-6-14(15,16)17)13-9-11-4-5-12(10-13)18-11/h11-13,18H,2-10H2,1H3. The Bertz CT molecular complexity index is 268. The third kappa shape index (κ3) is 4.63. The fraction of sp³-hybridized carbons (Fsp3) is 1.00. The molecule has 2 atom stereocenters. The summed E-state index contributed by atoms with van der Waals surface area (Å²) in [5, 5.41) is 3.59. The van der Waals surface area contributed by atoms with Gasteiger partial charge in [-0.25, -0.2) is 0 Å². The van der Waals surface area contributed by atoms with Crippen LogP contribution >= 0.6 is 0 Å².